The van der Waals surface area contributed by atoms with Crippen molar-refractivity contribution in [2.24, 2.45) is 0 Å². The van der Waals surface area contributed by atoms with Gasteiger partial charge in [-0.25, -0.2) is 0 Å². The Bertz CT molecular complexity index is 200. The highest BCUT2D eigenvalue weighted by atomic mass is 16.5. The Kier molecular flexibility index (Phi) is 5.05. The molecule has 0 bridgehead atoms. The molecule has 0 amide bonds. The Labute approximate surface area is 91.3 Å². The molecule has 1 N–H and O–H groups in total. The Hall–Kier alpha value is -0.610. The van der Waals surface area contributed by atoms with E-state index in [4.69, 9.17) is 9.47 Å². The van der Waals surface area contributed by atoms with Crippen molar-refractivity contribution < 1.29 is 14.3 Å². The minimum atomic E-state index is -0.453. The predicted molar refractivity (Wildman–Crippen MR) is 57.7 cm³/mol. The number of carbonyl (C=O) groups is 1. The molecule has 0 aromatic heterocycles. The number of nitrogens with one attached hydrogen (secondary N) is 1. The van der Waals surface area contributed by atoms with E-state index in [9.17, 15) is 4.79 Å². The smallest absolute Gasteiger partial charge is 0.326 e. The van der Waals surface area contributed by atoms with Crippen LogP contribution in [0.25, 0.3) is 0 Å². The third kappa shape index (κ3) is 3.18. The molecule has 0 unspecified atom stereocenters. The highest BCUT2D eigenvalue weighted by Gasteiger charge is 2.39. The lowest BCUT2D eigenvalue weighted by molar-refractivity contribution is -0.150. The molecular weight excluding hydrogens is 194 g/mol. The second-order valence-electron chi connectivity index (χ2n) is 4.05. The number of carbonyl (C=O) groups excluding carboxylic acids is 1. The van der Waals surface area contributed by atoms with E-state index < -0.39 is 5.54 Å². The molecule has 1 aliphatic rings. The van der Waals surface area contributed by atoms with Gasteiger partial charge >= 0.3 is 5.97 Å². The number of esters is 1. The average molecular weight is 215 g/mol. The highest BCUT2D eigenvalue weighted by Crippen LogP contribution is 2.29. The summed E-state index contributed by atoms with van der Waals surface area (Å²) in [6.07, 6.45) is 5.15. The molecule has 1 fully saturated rings. The Morgan fingerprint density at radius 1 is 1.27 bits per heavy atom. The van der Waals surface area contributed by atoms with Crippen LogP contribution in [0.1, 0.15) is 32.1 Å². The summed E-state index contributed by atoms with van der Waals surface area (Å²) in [6.45, 7) is 1.32. The fraction of sp³-hybridized carbons (Fsp3) is 0.909. The van der Waals surface area contributed by atoms with E-state index in [1.54, 1.807) is 7.11 Å². The average Bonchev–Trinajstić information content (AvgIpc) is 2.29. The molecule has 1 rings (SSSR count). The number of rotatable bonds is 5. The van der Waals surface area contributed by atoms with Gasteiger partial charge in [0, 0.05) is 13.7 Å². The molecule has 0 spiro atoms. The van der Waals surface area contributed by atoms with E-state index >= 15 is 0 Å². The number of hydrogen-bond donors (Lipinski definition) is 1. The van der Waals surface area contributed by atoms with E-state index in [0.717, 1.165) is 25.7 Å². The van der Waals surface area contributed by atoms with Crippen LogP contribution < -0.4 is 5.32 Å². The number of methoxy groups -OCH3 is 2. The van der Waals surface area contributed by atoms with Crippen molar-refractivity contribution in [3.8, 4) is 0 Å². The lowest BCUT2D eigenvalue weighted by Crippen LogP contribution is -2.54. The van der Waals surface area contributed by atoms with E-state index in [2.05, 4.69) is 5.32 Å². The lowest BCUT2D eigenvalue weighted by Gasteiger charge is -2.35. The van der Waals surface area contributed by atoms with Gasteiger partial charge in [-0.05, 0) is 12.8 Å². The first-order valence-electron chi connectivity index (χ1n) is 5.57. The maximum absolute atomic E-state index is 11.8. The van der Waals surface area contributed by atoms with Gasteiger partial charge in [-0.15, -0.1) is 0 Å². The molecule has 4 nitrogen and oxygen atoms in total. The zero-order valence-corrected chi connectivity index (χ0v) is 9.67. The van der Waals surface area contributed by atoms with Crippen molar-refractivity contribution in [1.82, 2.24) is 5.32 Å². The summed E-state index contributed by atoms with van der Waals surface area (Å²) in [5, 5.41) is 3.29. The minimum absolute atomic E-state index is 0.127. The van der Waals surface area contributed by atoms with E-state index in [1.807, 2.05) is 0 Å². The zero-order valence-electron chi connectivity index (χ0n) is 9.67. The molecule has 0 aliphatic heterocycles. The zero-order chi connectivity index (χ0) is 11.1. The molecular formula is C11H21NO3. The van der Waals surface area contributed by atoms with Crippen LogP contribution >= 0.6 is 0 Å². The summed E-state index contributed by atoms with van der Waals surface area (Å²) >= 11 is 0. The summed E-state index contributed by atoms with van der Waals surface area (Å²) in [4.78, 5) is 11.8. The molecule has 0 heterocycles. The van der Waals surface area contributed by atoms with Crippen LogP contribution in [0.2, 0.25) is 0 Å². The van der Waals surface area contributed by atoms with E-state index in [0.29, 0.717) is 13.2 Å². The Morgan fingerprint density at radius 3 is 2.47 bits per heavy atom. The molecule has 1 saturated carbocycles. The van der Waals surface area contributed by atoms with Gasteiger partial charge in [-0.2, -0.15) is 0 Å². The van der Waals surface area contributed by atoms with Crippen LogP contribution in [-0.2, 0) is 14.3 Å². The molecule has 15 heavy (non-hydrogen) atoms. The van der Waals surface area contributed by atoms with Gasteiger partial charge in [0.2, 0.25) is 0 Å². The summed E-state index contributed by atoms with van der Waals surface area (Å²) < 4.78 is 9.86. The first-order chi connectivity index (χ1) is 7.25. The third-order valence-corrected chi connectivity index (χ3v) is 3.05. The van der Waals surface area contributed by atoms with Crippen LogP contribution in [-0.4, -0.2) is 38.9 Å². The Balaban J connectivity index is 2.54. The first kappa shape index (κ1) is 12.5. The second-order valence-corrected chi connectivity index (χ2v) is 4.05. The molecule has 88 valence electrons. The molecule has 0 aromatic carbocycles. The minimum Gasteiger partial charge on any atom is -0.468 e. The van der Waals surface area contributed by atoms with Crippen LogP contribution in [0, 0.1) is 0 Å². The van der Waals surface area contributed by atoms with Gasteiger partial charge in [0.05, 0.1) is 13.7 Å². The molecule has 1 aliphatic carbocycles. The molecule has 4 heteroatoms. The van der Waals surface area contributed by atoms with Crippen molar-refractivity contribution >= 4 is 5.97 Å². The van der Waals surface area contributed by atoms with Gasteiger partial charge in [0.1, 0.15) is 5.54 Å². The van der Waals surface area contributed by atoms with Gasteiger partial charge in [0.25, 0.3) is 0 Å². The standard InChI is InChI=1S/C11H21NO3/c1-14-9-8-12-11(10(13)15-2)6-4-3-5-7-11/h12H,3-9H2,1-2H3. The summed E-state index contributed by atoms with van der Waals surface area (Å²) in [5.41, 5.74) is -0.453. The van der Waals surface area contributed by atoms with Crippen molar-refractivity contribution in [2.45, 2.75) is 37.6 Å². The van der Waals surface area contributed by atoms with Gasteiger partial charge in [-0.3, -0.25) is 10.1 Å². The maximum Gasteiger partial charge on any atom is 0.326 e. The largest absolute Gasteiger partial charge is 0.468 e. The number of hydrogen-bond acceptors (Lipinski definition) is 4. The van der Waals surface area contributed by atoms with Crippen molar-refractivity contribution in [1.29, 1.82) is 0 Å². The highest BCUT2D eigenvalue weighted by molar-refractivity contribution is 5.80. The fourth-order valence-corrected chi connectivity index (χ4v) is 2.20. The van der Waals surface area contributed by atoms with Crippen LogP contribution in [0.15, 0.2) is 0 Å². The molecule has 0 atom stereocenters. The molecule has 0 saturated heterocycles. The van der Waals surface area contributed by atoms with Gasteiger partial charge < -0.3 is 9.47 Å². The van der Waals surface area contributed by atoms with E-state index in [1.165, 1.54) is 13.5 Å². The van der Waals surface area contributed by atoms with Crippen molar-refractivity contribution in [2.75, 3.05) is 27.4 Å². The second kappa shape index (κ2) is 6.08. The summed E-state index contributed by atoms with van der Waals surface area (Å²) in [7, 11) is 3.12. The van der Waals surface area contributed by atoms with Gasteiger partial charge in [0.15, 0.2) is 0 Å². The van der Waals surface area contributed by atoms with Crippen molar-refractivity contribution in [3.63, 3.8) is 0 Å². The predicted octanol–water partition coefficient (Wildman–Crippen LogP) is 1.10. The van der Waals surface area contributed by atoms with Crippen LogP contribution in [0.3, 0.4) is 0 Å². The fourth-order valence-electron chi connectivity index (χ4n) is 2.20. The maximum atomic E-state index is 11.8. The first-order valence-corrected chi connectivity index (χ1v) is 5.57. The summed E-state index contributed by atoms with van der Waals surface area (Å²) in [6, 6.07) is 0. The van der Waals surface area contributed by atoms with Crippen LogP contribution in [0.4, 0.5) is 0 Å². The lowest BCUT2D eigenvalue weighted by atomic mass is 9.81. The quantitative estimate of drug-likeness (QED) is 0.551. The SMILES string of the molecule is COCCNC1(C(=O)OC)CCCCC1. The van der Waals surface area contributed by atoms with E-state index in [-0.39, 0.29) is 5.97 Å². The van der Waals surface area contributed by atoms with Crippen LogP contribution in [0.5, 0.6) is 0 Å². The molecule has 0 radical (unpaired) electrons. The Morgan fingerprint density at radius 2 is 1.93 bits per heavy atom. The topological polar surface area (TPSA) is 47.6 Å². The summed E-state index contributed by atoms with van der Waals surface area (Å²) in [5.74, 6) is -0.127. The van der Waals surface area contributed by atoms with Crippen molar-refractivity contribution in [3.05, 3.63) is 0 Å². The third-order valence-electron chi connectivity index (χ3n) is 3.05. The van der Waals surface area contributed by atoms with Gasteiger partial charge in [-0.1, -0.05) is 19.3 Å². The molecule has 0 aromatic rings. The normalized spacial score (nSPS) is 19.9. The number of ether oxygens (including phenoxy) is 2. The monoisotopic (exact) mass is 215 g/mol.